The van der Waals surface area contributed by atoms with Crippen molar-refractivity contribution in [1.29, 1.82) is 0 Å². The fourth-order valence-electron chi connectivity index (χ4n) is 3.13. The van der Waals surface area contributed by atoms with Gasteiger partial charge in [0.05, 0.1) is 17.0 Å². The number of aromatic nitrogens is 1. The summed E-state index contributed by atoms with van der Waals surface area (Å²) in [6, 6.07) is 10.1. The lowest BCUT2D eigenvalue weighted by Crippen LogP contribution is -2.26. The lowest BCUT2D eigenvalue weighted by atomic mass is 9.90. The summed E-state index contributed by atoms with van der Waals surface area (Å²) in [5, 5.41) is 4.39. The van der Waals surface area contributed by atoms with Crippen LogP contribution in [0.2, 0.25) is 0 Å². The smallest absolute Gasteiger partial charge is 0.150 e. The quantitative estimate of drug-likeness (QED) is 0.938. The summed E-state index contributed by atoms with van der Waals surface area (Å²) < 4.78 is 23.4. The highest BCUT2D eigenvalue weighted by atomic mass is 32.2. The Bertz CT molecular complexity index is 722. The van der Waals surface area contributed by atoms with Crippen LogP contribution < -0.4 is 5.32 Å². The first-order chi connectivity index (χ1) is 9.61. The Morgan fingerprint density at radius 3 is 2.85 bits per heavy atom. The molecule has 2 heterocycles. The second-order valence-electron chi connectivity index (χ2n) is 5.35. The minimum atomic E-state index is -2.87. The van der Waals surface area contributed by atoms with Crippen LogP contribution in [-0.2, 0) is 9.84 Å². The molecule has 1 saturated heterocycles. The zero-order chi connectivity index (χ0) is 14.2. The van der Waals surface area contributed by atoms with Gasteiger partial charge in [-0.25, -0.2) is 8.42 Å². The van der Waals surface area contributed by atoms with Crippen molar-refractivity contribution < 1.29 is 8.42 Å². The van der Waals surface area contributed by atoms with E-state index in [-0.39, 0.29) is 17.7 Å². The molecule has 2 unspecified atom stereocenters. The zero-order valence-corrected chi connectivity index (χ0v) is 12.2. The van der Waals surface area contributed by atoms with E-state index in [2.05, 4.69) is 16.4 Å². The molecular weight excluding hydrogens is 272 g/mol. The Morgan fingerprint density at radius 2 is 2.15 bits per heavy atom. The molecule has 1 aromatic carbocycles. The first-order valence-electron chi connectivity index (χ1n) is 6.82. The van der Waals surface area contributed by atoms with Gasteiger partial charge in [-0.3, -0.25) is 4.98 Å². The second kappa shape index (κ2) is 5.14. The molecule has 1 N–H and O–H groups in total. The van der Waals surface area contributed by atoms with Gasteiger partial charge in [-0.1, -0.05) is 18.2 Å². The summed E-state index contributed by atoms with van der Waals surface area (Å²) in [4.78, 5) is 4.37. The van der Waals surface area contributed by atoms with Gasteiger partial charge in [0.1, 0.15) is 0 Å². The SMILES string of the molecule is CNC(c1cccc2ncccc12)C1CCS(=O)(=O)C1. The fraction of sp³-hybridized carbons (Fsp3) is 0.400. The Balaban J connectivity index is 2.04. The highest BCUT2D eigenvalue weighted by molar-refractivity contribution is 7.91. The molecule has 0 radical (unpaired) electrons. The number of pyridine rings is 1. The molecule has 2 atom stereocenters. The molecule has 4 nitrogen and oxygen atoms in total. The monoisotopic (exact) mass is 290 g/mol. The van der Waals surface area contributed by atoms with Crippen molar-refractivity contribution in [3.05, 3.63) is 42.1 Å². The molecule has 0 spiro atoms. The molecule has 1 fully saturated rings. The Hall–Kier alpha value is -1.46. The van der Waals surface area contributed by atoms with Crippen LogP contribution in [-0.4, -0.2) is 32.0 Å². The molecule has 3 rings (SSSR count). The maximum atomic E-state index is 11.7. The maximum absolute atomic E-state index is 11.7. The molecule has 5 heteroatoms. The number of benzene rings is 1. The van der Waals surface area contributed by atoms with E-state index < -0.39 is 9.84 Å². The van der Waals surface area contributed by atoms with Gasteiger partial charge < -0.3 is 5.32 Å². The molecule has 106 valence electrons. The normalized spacial score (nSPS) is 22.9. The molecule has 0 aliphatic carbocycles. The number of hydrogen-bond donors (Lipinski definition) is 1. The zero-order valence-electron chi connectivity index (χ0n) is 11.4. The minimum Gasteiger partial charge on any atom is -0.313 e. The standard InChI is InChI=1S/C15H18N2O2S/c1-16-15(11-7-9-20(18,19)10-11)13-4-2-6-14-12(13)5-3-8-17-14/h2-6,8,11,15-16H,7,9-10H2,1H3. The van der Waals surface area contributed by atoms with Crippen molar-refractivity contribution in [2.75, 3.05) is 18.6 Å². The average molecular weight is 290 g/mol. The third kappa shape index (κ3) is 2.43. The topological polar surface area (TPSA) is 59.1 Å². The molecule has 1 aliphatic heterocycles. The highest BCUT2D eigenvalue weighted by Crippen LogP contribution is 2.34. The van der Waals surface area contributed by atoms with Crippen LogP contribution in [0.4, 0.5) is 0 Å². The van der Waals surface area contributed by atoms with E-state index in [1.807, 2.05) is 31.3 Å². The highest BCUT2D eigenvalue weighted by Gasteiger charge is 2.34. The summed E-state index contributed by atoms with van der Waals surface area (Å²) in [5.41, 5.74) is 2.09. The van der Waals surface area contributed by atoms with E-state index >= 15 is 0 Å². The predicted molar refractivity (Wildman–Crippen MR) is 80.3 cm³/mol. The number of nitrogens with zero attached hydrogens (tertiary/aromatic N) is 1. The predicted octanol–water partition coefficient (Wildman–Crippen LogP) is 1.93. The van der Waals surface area contributed by atoms with Gasteiger partial charge in [-0.15, -0.1) is 0 Å². The van der Waals surface area contributed by atoms with Gasteiger partial charge >= 0.3 is 0 Å². The van der Waals surface area contributed by atoms with Crippen LogP contribution in [0.15, 0.2) is 36.5 Å². The van der Waals surface area contributed by atoms with E-state index in [0.29, 0.717) is 5.75 Å². The number of sulfone groups is 1. The first kappa shape index (κ1) is 13.5. The van der Waals surface area contributed by atoms with Crippen molar-refractivity contribution in [1.82, 2.24) is 10.3 Å². The number of hydrogen-bond acceptors (Lipinski definition) is 4. The summed E-state index contributed by atoms with van der Waals surface area (Å²) in [6.45, 7) is 0. The van der Waals surface area contributed by atoms with Gasteiger partial charge in [0, 0.05) is 17.6 Å². The molecular formula is C15H18N2O2S. The van der Waals surface area contributed by atoms with Crippen molar-refractivity contribution >= 4 is 20.7 Å². The van der Waals surface area contributed by atoms with E-state index in [1.54, 1.807) is 6.20 Å². The van der Waals surface area contributed by atoms with Crippen LogP contribution in [0.5, 0.6) is 0 Å². The molecule has 1 aliphatic rings. The third-order valence-electron chi connectivity index (χ3n) is 4.06. The van der Waals surface area contributed by atoms with Gasteiger partial charge in [0.15, 0.2) is 9.84 Å². The van der Waals surface area contributed by atoms with Crippen LogP contribution >= 0.6 is 0 Å². The third-order valence-corrected chi connectivity index (χ3v) is 5.86. The molecule has 2 aromatic rings. The summed E-state index contributed by atoms with van der Waals surface area (Å²) >= 11 is 0. The van der Waals surface area contributed by atoms with Crippen molar-refractivity contribution in [2.45, 2.75) is 12.5 Å². The molecule has 0 bridgehead atoms. The summed E-state index contributed by atoms with van der Waals surface area (Å²) in [5.74, 6) is 0.712. The lowest BCUT2D eigenvalue weighted by molar-refractivity contribution is 0.421. The number of nitrogens with one attached hydrogen (secondary N) is 1. The number of rotatable bonds is 3. The van der Waals surface area contributed by atoms with Crippen molar-refractivity contribution in [2.24, 2.45) is 5.92 Å². The summed E-state index contributed by atoms with van der Waals surface area (Å²) in [7, 11) is -0.974. The molecule has 20 heavy (non-hydrogen) atoms. The largest absolute Gasteiger partial charge is 0.313 e. The Morgan fingerprint density at radius 1 is 1.30 bits per heavy atom. The second-order valence-corrected chi connectivity index (χ2v) is 7.58. The van der Waals surface area contributed by atoms with Gasteiger partial charge in [-0.2, -0.15) is 0 Å². The van der Waals surface area contributed by atoms with Crippen LogP contribution in [0, 0.1) is 5.92 Å². The van der Waals surface area contributed by atoms with Crippen LogP contribution in [0.3, 0.4) is 0 Å². The fourth-order valence-corrected chi connectivity index (χ4v) is 4.97. The summed E-state index contributed by atoms with van der Waals surface area (Å²) in [6.07, 6.45) is 2.50. The first-order valence-corrected chi connectivity index (χ1v) is 8.64. The molecule has 1 aromatic heterocycles. The maximum Gasteiger partial charge on any atom is 0.150 e. The Kier molecular flexibility index (Phi) is 3.48. The molecule has 0 saturated carbocycles. The average Bonchev–Trinajstić information content (AvgIpc) is 2.80. The van der Waals surface area contributed by atoms with Gasteiger partial charge in [0.2, 0.25) is 0 Å². The lowest BCUT2D eigenvalue weighted by Gasteiger charge is -2.23. The van der Waals surface area contributed by atoms with E-state index in [9.17, 15) is 8.42 Å². The van der Waals surface area contributed by atoms with E-state index in [4.69, 9.17) is 0 Å². The molecule has 0 amide bonds. The van der Waals surface area contributed by atoms with Crippen molar-refractivity contribution in [3.8, 4) is 0 Å². The van der Waals surface area contributed by atoms with Gasteiger partial charge in [0.25, 0.3) is 0 Å². The van der Waals surface area contributed by atoms with Crippen LogP contribution in [0.25, 0.3) is 10.9 Å². The van der Waals surface area contributed by atoms with Crippen LogP contribution in [0.1, 0.15) is 18.0 Å². The van der Waals surface area contributed by atoms with Crippen molar-refractivity contribution in [3.63, 3.8) is 0 Å². The Labute approximate surface area is 119 Å². The number of fused-ring (bicyclic) bond motifs is 1. The minimum absolute atomic E-state index is 0.0557. The van der Waals surface area contributed by atoms with E-state index in [1.165, 1.54) is 0 Å². The van der Waals surface area contributed by atoms with E-state index in [0.717, 1.165) is 22.9 Å². The van der Waals surface area contributed by atoms with Gasteiger partial charge in [-0.05, 0) is 37.1 Å².